The lowest BCUT2D eigenvalue weighted by Crippen LogP contribution is -2.47. The molecule has 1 saturated heterocycles. The number of carbonyl (C=O) groups is 2. The van der Waals surface area contributed by atoms with E-state index in [-0.39, 0.29) is 12.5 Å². The highest BCUT2D eigenvalue weighted by Crippen LogP contribution is 2.16. The number of carboxylic acids is 1. The van der Waals surface area contributed by atoms with Gasteiger partial charge in [-0.25, -0.2) is 0 Å². The molecule has 1 aliphatic rings. The summed E-state index contributed by atoms with van der Waals surface area (Å²) < 4.78 is 4.95. The Kier molecular flexibility index (Phi) is 5.25. The first-order valence-electron chi connectivity index (χ1n) is 5.77. The van der Waals surface area contributed by atoms with Crippen molar-refractivity contribution in [2.45, 2.75) is 38.6 Å². The monoisotopic (exact) mass is 229 g/mol. The van der Waals surface area contributed by atoms with Crippen molar-refractivity contribution >= 4 is 11.9 Å². The molecular weight excluding hydrogens is 210 g/mol. The van der Waals surface area contributed by atoms with Crippen molar-refractivity contribution in [2.75, 3.05) is 19.7 Å². The second-order valence-electron chi connectivity index (χ2n) is 4.04. The molecule has 1 aliphatic heterocycles. The van der Waals surface area contributed by atoms with Gasteiger partial charge in [-0.1, -0.05) is 13.3 Å². The fourth-order valence-electron chi connectivity index (χ4n) is 1.89. The van der Waals surface area contributed by atoms with Crippen LogP contribution in [0.2, 0.25) is 0 Å². The number of esters is 1. The fourth-order valence-corrected chi connectivity index (χ4v) is 1.89. The van der Waals surface area contributed by atoms with E-state index in [9.17, 15) is 9.59 Å². The average molecular weight is 229 g/mol. The summed E-state index contributed by atoms with van der Waals surface area (Å²) in [4.78, 5) is 24.0. The van der Waals surface area contributed by atoms with Crippen LogP contribution in [0.1, 0.15) is 32.6 Å². The quantitative estimate of drug-likeness (QED) is 0.709. The van der Waals surface area contributed by atoms with E-state index in [1.165, 1.54) is 0 Å². The largest absolute Gasteiger partial charge is 0.480 e. The zero-order chi connectivity index (χ0) is 12.0. The first-order chi connectivity index (χ1) is 7.65. The van der Waals surface area contributed by atoms with Crippen LogP contribution in [0.5, 0.6) is 0 Å². The highest BCUT2D eigenvalue weighted by atomic mass is 16.5. The van der Waals surface area contributed by atoms with Crippen LogP contribution in [0, 0.1) is 0 Å². The zero-order valence-corrected chi connectivity index (χ0v) is 9.65. The molecule has 0 aromatic rings. The highest BCUT2D eigenvalue weighted by Gasteiger charge is 2.29. The predicted molar refractivity (Wildman–Crippen MR) is 58.1 cm³/mol. The molecule has 0 spiro atoms. The molecule has 92 valence electrons. The maximum atomic E-state index is 11.4. The molecule has 0 aromatic heterocycles. The Morgan fingerprint density at radius 3 is 2.81 bits per heavy atom. The third kappa shape index (κ3) is 3.81. The van der Waals surface area contributed by atoms with Gasteiger partial charge in [0.05, 0.1) is 13.2 Å². The predicted octanol–water partition coefficient (Wildman–Crippen LogP) is 0.879. The summed E-state index contributed by atoms with van der Waals surface area (Å²) in [6.45, 7) is 3.09. The van der Waals surface area contributed by atoms with Gasteiger partial charge < -0.3 is 9.84 Å². The van der Waals surface area contributed by atoms with E-state index >= 15 is 0 Å². The molecule has 1 fully saturated rings. The summed E-state index contributed by atoms with van der Waals surface area (Å²) in [5.74, 6) is -1.17. The topological polar surface area (TPSA) is 66.8 Å². The molecular formula is C11H19NO4. The minimum atomic E-state index is -0.844. The smallest absolute Gasteiger partial charge is 0.320 e. The lowest BCUT2D eigenvalue weighted by atomic mass is 10.0. The average Bonchev–Trinajstić information content (AvgIpc) is 2.27. The highest BCUT2D eigenvalue weighted by molar-refractivity contribution is 5.76. The summed E-state index contributed by atoms with van der Waals surface area (Å²) in [7, 11) is 0. The number of rotatable bonds is 5. The van der Waals surface area contributed by atoms with Crippen LogP contribution in [0.3, 0.4) is 0 Å². The molecule has 1 heterocycles. The second kappa shape index (κ2) is 6.48. The van der Waals surface area contributed by atoms with E-state index < -0.39 is 12.0 Å². The number of hydrogen-bond donors (Lipinski definition) is 1. The lowest BCUT2D eigenvalue weighted by molar-refractivity contribution is -0.150. The van der Waals surface area contributed by atoms with Crippen molar-refractivity contribution in [3.63, 3.8) is 0 Å². The number of hydrogen-bond acceptors (Lipinski definition) is 4. The number of aliphatic carboxylic acids is 1. The van der Waals surface area contributed by atoms with Gasteiger partial charge in [0.15, 0.2) is 0 Å². The van der Waals surface area contributed by atoms with E-state index in [0.29, 0.717) is 19.6 Å². The van der Waals surface area contributed by atoms with Crippen LogP contribution in [0.4, 0.5) is 0 Å². The molecule has 0 saturated carbocycles. The number of carboxylic acid groups (broad SMARTS) is 1. The van der Waals surface area contributed by atoms with Gasteiger partial charge in [-0.15, -0.1) is 0 Å². The van der Waals surface area contributed by atoms with Crippen LogP contribution in [0.15, 0.2) is 0 Å². The van der Waals surface area contributed by atoms with Crippen molar-refractivity contribution in [1.82, 2.24) is 4.90 Å². The van der Waals surface area contributed by atoms with E-state index in [4.69, 9.17) is 9.84 Å². The van der Waals surface area contributed by atoms with Gasteiger partial charge in [-0.2, -0.15) is 0 Å². The minimum Gasteiger partial charge on any atom is -0.480 e. The molecule has 0 bridgehead atoms. The van der Waals surface area contributed by atoms with Crippen molar-refractivity contribution < 1.29 is 19.4 Å². The molecule has 0 amide bonds. The van der Waals surface area contributed by atoms with Gasteiger partial charge >= 0.3 is 11.9 Å². The Morgan fingerprint density at radius 1 is 1.44 bits per heavy atom. The number of likely N-dealkylation sites (tertiary alicyclic amines) is 1. The summed E-state index contributed by atoms with van der Waals surface area (Å²) in [6.07, 6.45) is 3.27. The molecule has 1 unspecified atom stereocenters. The van der Waals surface area contributed by atoms with E-state index in [2.05, 4.69) is 0 Å². The second-order valence-corrected chi connectivity index (χ2v) is 4.04. The molecule has 0 aliphatic carbocycles. The maximum Gasteiger partial charge on any atom is 0.320 e. The van der Waals surface area contributed by atoms with Gasteiger partial charge in [-0.05, 0) is 25.8 Å². The van der Waals surface area contributed by atoms with Crippen LogP contribution in [-0.2, 0) is 14.3 Å². The van der Waals surface area contributed by atoms with E-state index in [1.807, 2.05) is 6.92 Å². The Balaban J connectivity index is 2.43. The first-order valence-corrected chi connectivity index (χ1v) is 5.77. The van der Waals surface area contributed by atoms with Gasteiger partial charge in [0.25, 0.3) is 0 Å². The van der Waals surface area contributed by atoms with Gasteiger partial charge in [0.1, 0.15) is 6.04 Å². The fraction of sp³-hybridized carbons (Fsp3) is 0.818. The minimum absolute atomic E-state index is 0.0942. The Hall–Kier alpha value is -1.10. The van der Waals surface area contributed by atoms with Crippen LogP contribution in [-0.4, -0.2) is 47.7 Å². The summed E-state index contributed by atoms with van der Waals surface area (Å²) >= 11 is 0. The Labute approximate surface area is 95.4 Å². The number of piperidine rings is 1. The third-order valence-electron chi connectivity index (χ3n) is 2.70. The van der Waals surface area contributed by atoms with Crippen molar-refractivity contribution in [3.05, 3.63) is 0 Å². The Bertz CT molecular complexity index is 254. The standard InChI is InChI=1S/C11H19NO4/c1-2-7-16-10(13)8-12-6-4-3-5-9(12)11(14)15/h9H,2-8H2,1H3,(H,14,15). The summed E-state index contributed by atoms with van der Waals surface area (Å²) in [5, 5.41) is 9.00. The Morgan fingerprint density at radius 2 is 2.19 bits per heavy atom. The first kappa shape index (κ1) is 13.0. The van der Waals surface area contributed by atoms with Gasteiger partial charge in [0.2, 0.25) is 0 Å². The molecule has 5 nitrogen and oxygen atoms in total. The van der Waals surface area contributed by atoms with Crippen molar-refractivity contribution in [2.24, 2.45) is 0 Å². The maximum absolute atomic E-state index is 11.4. The molecule has 0 aromatic carbocycles. The third-order valence-corrected chi connectivity index (χ3v) is 2.70. The van der Waals surface area contributed by atoms with Crippen LogP contribution < -0.4 is 0 Å². The SMILES string of the molecule is CCCOC(=O)CN1CCCCC1C(=O)O. The van der Waals surface area contributed by atoms with E-state index in [1.54, 1.807) is 4.90 Å². The van der Waals surface area contributed by atoms with Crippen molar-refractivity contribution in [3.8, 4) is 0 Å². The number of ether oxygens (including phenoxy) is 1. The molecule has 1 N–H and O–H groups in total. The van der Waals surface area contributed by atoms with Crippen LogP contribution in [0.25, 0.3) is 0 Å². The summed E-state index contributed by atoms with van der Waals surface area (Å²) in [5.41, 5.74) is 0. The molecule has 0 radical (unpaired) electrons. The molecule has 16 heavy (non-hydrogen) atoms. The molecule has 1 rings (SSSR count). The van der Waals surface area contributed by atoms with Crippen molar-refractivity contribution in [1.29, 1.82) is 0 Å². The normalized spacial score (nSPS) is 21.7. The lowest BCUT2D eigenvalue weighted by Gasteiger charge is -2.31. The molecule has 1 atom stereocenters. The number of nitrogens with zero attached hydrogens (tertiary/aromatic N) is 1. The van der Waals surface area contributed by atoms with Gasteiger partial charge in [-0.3, -0.25) is 14.5 Å². The van der Waals surface area contributed by atoms with E-state index in [0.717, 1.165) is 19.3 Å². The molecule has 5 heteroatoms. The van der Waals surface area contributed by atoms with Crippen LogP contribution >= 0.6 is 0 Å². The van der Waals surface area contributed by atoms with Gasteiger partial charge in [0, 0.05) is 0 Å². The number of carbonyl (C=O) groups excluding carboxylic acids is 1. The summed E-state index contributed by atoms with van der Waals surface area (Å²) in [6, 6.07) is -0.525. The zero-order valence-electron chi connectivity index (χ0n) is 9.65.